The Morgan fingerprint density at radius 3 is 2.50 bits per heavy atom. The van der Waals surface area contributed by atoms with Crippen molar-refractivity contribution >= 4 is 5.91 Å². The molecule has 40 heavy (non-hydrogen) atoms. The van der Waals surface area contributed by atoms with Gasteiger partial charge in [0.05, 0.1) is 25.5 Å². The molecular weight excluding hydrogens is 539 g/mol. The van der Waals surface area contributed by atoms with Gasteiger partial charge in [-0.1, -0.05) is 0 Å². The lowest BCUT2D eigenvalue weighted by Crippen LogP contribution is -2.39. The van der Waals surface area contributed by atoms with Crippen molar-refractivity contribution in [3.05, 3.63) is 70.9 Å². The molecule has 0 spiro atoms. The van der Waals surface area contributed by atoms with Gasteiger partial charge in [0.25, 0.3) is 5.91 Å². The van der Waals surface area contributed by atoms with Crippen molar-refractivity contribution in [3.63, 3.8) is 0 Å². The van der Waals surface area contributed by atoms with Crippen molar-refractivity contribution in [2.45, 2.75) is 43.6 Å². The Hall–Kier alpha value is -3.93. The molecule has 2 N–H and O–H groups in total. The highest BCUT2D eigenvalue weighted by Crippen LogP contribution is 2.48. The average Bonchev–Trinajstić information content (AvgIpc) is 3.61. The maximum absolute atomic E-state index is 14.0. The van der Waals surface area contributed by atoms with Gasteiger partial charge in [0, 0.05) is 16.7 Å². The zero-order chi connectivity index (χ0) is 28.8. The number of nitrogens with one attached hydrogen (secondary N) is 1. The number of halogens is 5. The van der Waals surface area contributed by atoms with Crippen LogP contribution in [0.2, 0.25) is 0 Å². The van der Waals surface area contributed by atoms with Crippen LogP contribution in [-0.2, 0) is 5.60 Å². The summed E-state index contributed by atoms with van der Waals surface area (Å²) in [5.74, 6) is -4.39. The summed E-state index contributed by atoms with van der Waals surface area (Å²) in [6.07, 6.45) is -2.69. The lowest BCUT2D eigenvalue weighted by molar-refractivity contribution is -0.151. The van der Waals surface area contributed by atoms with Crippen LogP contribution in [0.25, 0.3) is 11.3 Å². The highest BCUT2D eigenvalue weighted by Gasteiger charge is 2.47. The Morgan fingerprint density at radius 2 is 1.85 bits per heavy atom. The SMILES string of the molecule is COc1cc(C(=O)NC[C@](C)(O)c2cc3c(c(-c4ccc(F)c(F)c4)n2)OC[C@H]3C(F)(F)F)ccc1OC1CC1. The fourth-order valence-electron chi connectivity index (χ4n) is 4.32. The molecule has 1 aliphatic heterocycles. The number of benzene rings is 2. The Bertz CT molecular complexity index is 1460. The number of hydrogen-bond donors (Lipinski definition) is 2. The Balaban J connectivity index is 1.44. The van der Waals surface area contributed by atoms with E-state index in [1.54, 1.807) is 6.07 Å². The van der Waals surface area contributed by atoms with Crippen molar-refractivity contribution in [3.8, 4) is 28.5 Å². The summed E-state index contributed by atoms with van der Waals surface area (Å²) in [6, 6.07) is 8.39. The number of aromatic nitrogens is 1. The summed E-state index contributed by atoms with van der Waals surface area (Å²) in [4.78, 5) is 17.2. The van der Waals surface area contributed by atoms with Crippen molar-refractivity contribution in [2.24, 2.45) is 0 Å². The molecule has 0 unspecified atom stereocenters. The third-order valence-electron chi connectivity index (χ3n) is 6.75. The molecule has 7 nitrogen and oxygen atoms in total. The van der Waals surface area contributed by atoms with Gasteiger partial charge in [0.15, 0.2) is 23.1 Å². The molecule has 212 valence electrons. The van der Waals surface area contributed by atoms with E-state index in [9.17, 15) is 31.9 Å². The van der Waals surface area contributed by atoms with Crippen LogP contribution in [0.1, 0.15) is 47.3 Å². The number of pyridine rings is 1. The second kappa shape index (κ2) is 10.2. The molecule has 3 aromatic rings. The molecule has 0 radical (unpaired) electrons. The van der Waals surface area contributed by atoms with Crippen molar-refractivity contribution in [1.29, 1.82) is 0 Å². The van der Waals surface area contributed by atoms with E-state index in [4.69, 9.17) is 14.2 Å². The first-order valence-corrected chi connectivity index (χ1v) is 12.4. The van der Waals surface area contributed by atoms with E-state index in [1.165, 1.54) is 26.2 Å². The fourth-order valence-corrected chi connectivity index (χ4v) is 4.32. The predicted octanol–water partition coefficient (Wildman–Crippen LogP) is 5.25. The number of nitrogens with zero attached hydrogens (tertiary/aromatic N) is 1. The van der Waals surface area contributed by atoms with Crippen molar-refractivity contribution in [2.75, 3.05) is 20.3 Å². The molecule has 0 saturated heterocycles. The number of carbonyl (C=O) groups excluding carboxylic acids is 1. The van der Waals surface area contributed by atoms with Gasteiger partial charge in [-0.15, -0.1) is 0 Å². The molecule has 1 amide bonds. The minimum atomic E-state index is -4.68. The smallest absolute Gasteiger partial charge is 0.399 e. The zero-order valence-corrected chi connectivity index (χ0v) is 21.4. The highest BCUT2D eigenvalue weighted by atomic mass is 19.4. The number of fused-ring (bicyclic) bond motifs is 1. The van der Waals surface area contributed by atoms with Gasteiger partial charge in [0.2, 0.25) is 0 Å². The number of rotatable bonds is 8. The summed E-state index contributed by atoms with van der Waals surface area (Å²) in [5.41, 5.74) is -2.53. The Kier molecular flexibility index (Phi) is 7.07. The van der Waals surface area contributed by atoms with Crippen LogP contribution in [0.5, 0.6) is 17.2 Å². The van der Waals surface area contributed by atoms with Gasteiger partial charge in [-0.3, -0.25) is 4.79 Å². The summed E-state index contributed by atoms with van der Waals surface area (Å²) in [5, 5.41) is 13.8. The molecule has 2 atom stereocenters. The molecule has 0 bridgehead atoms. The second-order valence-corrected chi connectivity index (χ2v) is 9.95. The van der Waals surface area contributed by atoms with E-state index >= 15 is 0 Å². The number of carbonyl (C=O) groups is 1. The monoisotopic (exact) mass is 564 g/mol. The molecule has 1 aromatic heterocycles. The molecule has 2 heterocycles. The maximum atomic E-state index is 14.0. The number of amides is 1. The number of aliphatic hydroxyl groups is 1. The lowest BCUT2D eigenvalue weighted by atomic mass is 9.93. The molecule has 12 heteroatoms. The van der Waals surface area contributed by atoms with Gasteiger partial charge in [-0.25, -0.2) is 13.8 Å². The predicted molar refractivity (Wildman–Crippen MR) is 132 cm³/mol. The first-order valence-electron chi connectivity index (χ1n) is 12.4. The van der Waals surface area contributed by atoms with Crippen LogP contribution in [0.3, 0.4) is 0 Å². The maximum Gasteiger partial charge on any atom is 0.399 e. The van der Waals surface area contributed by atoms with E-state index in [1.807, 2.05) is 0 Å². The van der Waals surface area contributed by atoms with E-state index < -0.39 is 48.4 Å². The summed E-state index contributed by atoms with van der Waals surface area (Å²) >= 11 is 0. The zero-order valence-electron chi connectivity index (χ0n) is 21.4. The van der Waals surface area contributed by atoms with Crippen molar-refractivity contribution < 1.29 is 46.1 Å². The fraction of sp³-hybridized carbons (Fsp3) is 0.357. The molecule has 1 fully saturated rings. The van der Waals surface area contributed by atoms with Crippen LogP contribution >= 0.6 is 0 Å². The minimum absolute atomic E-state index is 0.0414. The molecule has 1 saturated carbocycles. The second-order valence-electron chi connectivity index (χ2n) is 9.95. The molecule has 2 aromatic carbocycles. The van der Waals surface area contributed by atoms with E-state index in [-0.39, 0.29) is 39.9 Å². The first kappa shape index (κ1) is 27.6. The normalized spacial score (nSPS) is 17.9. The van der Waals surface area contributed by atoms with E-state index in [0.717, 1.165) is 37.1 Å². The Morgan fingerprint density at radius 1 is 1.10 bits per heavy atom. The van der Waals surface area contributed by atoms with Gasteiger partial charge in [-0.05, 0) is 62.2 Å². The lowest BCUT2D eigenvalue weighted by Gasteiger charge is -2.25. The standard InChI is InChI=1S/C28H25F5N2O5/c1-27(37,13-34-26(36)15-4-8-21(22(10-15)38-2)40-16-5-6-16)23-11-17-18(28(31,32)33)12-39-25(17)24(35-23)14-3-7-19(29)20(30)9-14/h3-4,7-11,16,18,37H,5-6,12-13H2,1-2H3,(H,34,36)/t18-,27+/m1/s1. The third-order valence-corrected chi connectivity index (χ3v) is 6.75. The summed E-state index contributed by atoms with van der Waals surface area (Å²) in [7, 11) is 1.43. The van der Waals surface area contributed by atoms with Crippen LogP contribution in [0.4, 0.5) is 22.0 Å². The molecule has 1 aliphatic carbocycles. The van der Waals surface area contributed by atoms with Crippen LogP contribution in [0.15, 0.2) is 42.5 Å². The van der Waals surface area contributed by atoms with Gasteiger partial charge in [-0.2, -0.15) is 13.2 Å². The quantitative estimate of drug-likeness (QED) is 0.364. The van der Waals surface area contributed by atoms with Gasteiger partial charge in [0.1, 0.15) is 29.6 Å². The largest absolute Gasteiger partial charge is 0.493 e. The molecular formula is C28H25F5N2O5. The van der Waals surface area contributed by atoms with Gasteiger partial charge < -0.3 is 24.6 Å². The number of hydrogen-bond acceptors (Lipinski definition) is 6. The average molecular weight is 565 g/mol. The summed E-state index contributed by atoms with van der Waals surface area (Å²) in [6.45, 7) is 0.0967. The Labute approximate surface area is 225 Å². The van der Waals surface area contributed by atoms with Crippen LogP contribution in [0, 0.1) is 11.6 Å². The number of alkyl halides is 3. The molecule has 2 aliphatic rings. The summed E-state index contributed by atoms with van der Waals surface area (Å²) < 4.78 is 85.2. The number of methoxy groups -OCH3 is 1. The highest BCUT2D eigenvalue weighted by molar-refractivity contribution is 5.95. The minimum Gasteiger partial charge on any atom is -0.493 e. The van der Waals surface area contributed by atoms with Gasteiger partial charge >= 0.3 is 6.18 Å². The van der Waals surface area contributed by atoms with Crippen LogP contribution in [-0.4, -0.2) is 48.5 Å². The number of ether oxygens (including phenoxy) is 3. The first-order chi connectivity index (χ1) is 18.9. The van der Waals surface area contributed by atoms with Crippen LogP contribution < -0.4 is 19.5 Å². The topological polar surface area (TPSA) is 89.9 Å². The van der Waals surface area contributed by atoms with E-state index in [2.05, 4.69) is 10.3 Å². The molecule has 5 rings (SSSR count). The third kappa shape index (κ3) is 5.53. The van der Waals surface area contributed by atoms with E-state index in [0.29, 0.717) is 11.5 Å². The van der Waals surface area contributed by atoms with Crippen molar-refractivity contribution in [1.82, 2.24) is 10.3 Å².